The van der Waals surface area contributed by atoms with E-state index in [1.54, 1.807) is 10.4 Å². The molecular weight excluding hydrogens is 274 g/mol. The van der Waals surface area contributed by atoms with E-state index in [0.717, 1.165) is 13.1 Å². The van der Waals surface area contributed by atoms with E-state index < -0.39 is 0 Å². The molecule has 0 bridgehead atoms. The molecule has 2 heteroatoms. The van der Waals surface area contributed by atoms with Gasteiger partial charge < -0.3 is 5.32 Å². The fourth-order valence-electron chi connectivity index (χ4n) is 3.24. The van der Waals surface area contributed by atoms with Crippen molar-refractivity contribution in [3.05, 3.63) is 69.4 Å². The minimum Gasteiger partial charge on any atom is -0.308 e. The van der Waals surface area contributed by atoms with E-state index in [4.69, 9.17) is 0 Å². The first kappa shape index (κ1) is 13.1. The van der Waals surface area contributed by atoms with E-state index in [1.807, 2.05) is 11.3 Å². The van der Waals surface area contributed by atoms with Crippen LogP contribution in [0.15, 0.2) is 48.5 Å². The summed E-state index contributed by atoms with van der Waals surface area (Å²) in [5, 5.41) is 6.30. The number of rotatable bonds is 4. The Labute approximate surface area is 129 Å². The average molecular weight is 293 g/mol. The molecule has 1 aromatic heterocycles. The fraction of sp³-hybridized carbons (Fsp3) is 0.263. The molecule has 21 heavy (non-hydrogen) atoms. The number of benzene rings is 2. The Kier molecular flexibility index (Phi) is 3.50. The van der Waals surface area contributed by atoms with Gasteiger partial charge in [0.1, 0.15) is 0 Å². The Bertz CT molecular complexity index is 745. The van der Waals surface area contributed by atoms with Gasteiger partial charge >= 0.3 is 0 Å². The Morgan fingerprint density at radius 3 is 2.81 bits per heavy atom. The Hall–Kier alpha value is -1.64. The highest BCUT2D eigenvalue weighted by atomic mass is 32.1. The molecule has 1 heterocycles. The maximum absolute atomic E-state index is 3.61. The van der Waals surface area contributed by atoms with Crippen LogP contribution in [0.1, 0.15) is 27.3 Å². The molecule has 106 valence electrons. The van der Waals surface area contributed by atoms with Gasteiger partial charge in [0, 0.05) is 22.8 Å². The van der Waals surface area contributed by atoms with Crippen molar-refractivity contribution in [1.29, 1.82) is 0 Å². The highest BCUT2D eigenvalue weighted by Gasteiger charge is 2.14. The van der Waals surface area contributed by atoms with E-state index in [-0.39, 0.29) is 0 Å². The van der Waals surface area contributed by atoms with Crippen LogP contribution in [0, 0.1) is 0 Å². The van der Waals surface area contributed by atoms with Crippen LogP contribution in [0.4, 0.5) is 0 Å². The maximum Gasteiger partial charge on any atom is 0.0303 e. The molecule has 1 aliphatic rings. The van der Waals surface area contributed by atoms with E-state index in [0.29, 0.717) is 0 Å². The van der Waals surface area contributed by atoms with E-state index in [2.05, 4.69) is 53.8 Å². The van der Waals surface area contributed by atoms with Gasteiger partial charge in [-0.15, -0.1) is 11.3 Å². The molecule has 0 atom stereocenters. The molecule has 0 spiro atoms. The Morgan fingerprint density at radius 2 is 1.86 bits per heavy atom. The number of hydrogen-bond acceptors (Lipinski definition) is 2. The summed E-state index contributed by atoms with van der Waals surface area (Å²) in [6, 6.07) is 17.6. The van der Waals surface area contributed by atoms with Crippen molar-refractivity contribution in [3.8, 4) is 0 Å². The molecule has 4 rings (SSSR count). The monoisotopic (exact) mass is 293 g/mol. The van der Waals surface area contributed by atoms with Crippen LogP contribution in [0.3, 0.4) is 0 Å². The largest absolute Gasteiger partial charge is 0.308 e. The van der Waals surface area contributed by atoms with Gasteiger partial charge in [0.2, 0.25) is 0 Å². The summed E-state index contributed by atoms with van der Waals surface area (Å²) in [6.45, 7) is 1.92. The summed E-state index contributed by atoms with van der Waals surface area (Å²) in [5.41, 5.74) is 2.99. The lowest BCUT2D eigenvalue weighted by Gasteiger charge is -2.07. The normalized spacial score (nSPS) is 13.7. The van der Waals surface area contributed by atoms with Crippen LogP contribution in [0.5, 0.6) is 0 Å². The van der Waals surface area contributed by atoms with Gasteiger partial charge in [-0.05, 0) is 47.2 Å². The van der Waals surface area contributed by atoms with Crippen LogP contribution in [-0.4, -0.2) is 0 Å². The molecule has 1 nitrogen and oxygen atoms in total. The molecular formula is C19H19NS. The standard InChI is InChI=1S/C19H19NS/c1-2-9-18-14(5-1)6-3-8-16(18)12-20-13-17-11-15-7-4-10-19(15)21-17/h1-3,5-6,8-9,11,20H,4,7,10,12-13H2. The van der Waals surface area contributed by atoms with E-state index >= 15 is 0 Å². The second-order valence-corrected chi connectivity index (χ2v) is 6.98. The molecule has 2 aromatic carbocycles. The number of thiophene rings is 1. The van der Waals surface area contributed by atoms with Crippen molar-refractivity contribution >= 4 is 22.1 Å². The summed E-state index contributed by atoms with van der Waals surface area (Å²) in [6.07, 6.45) is 3.93. The summed E-state index contributed by atoms with van der Waals surface area (Å²) < 4.78 is 0. The molecule has 0 unspecified atom stereocenters. The minimum atomic E-state index is 0.934. The molecule has 1 N–H and O–H groups in total. The molecule has 0 amide bonds. The number of fused-ring (bicyclic) bond motifs is 2. The molecule has 1 aliphatic carbocycles. The molecule has 0 radical (unpaired) electrons. The van der Waals surface area contributed by atoms with Crippen LogP contribution >= 0.6 is 11.3 Å². The maximum atomic E-state index is 3.61. The van der Waals surface area contributed by atoms with Gasteiger partial charge in [0.05, 0.1) is 0 Å². The molecule has 0 fully saturated rings. The van der Waals surface area contributed by atoms with E-state index in [9.17, 15) is 0 Å². The van der Waals surface area contributed by atoms with Crippen molar-refractivity contribution in [3.63, 3.8) is 0 Å². The number of hydrogen-bond donors (Lipinski definition) is 1. The third-order valence-electron chi connectivity index (χ3n) is 4.29. The van der Waals surface area contributed by atoms with Gasteiger partial charge in [0.15, 0.2) is 0 Å². The highest BCUT2D eigenvalue weighted by Crippen LogP contribution is 2.30. The van der Waals surface area contributed by atoms with Crippen molar-refractivity contribution < 1.29 is 0 Å². The molecule has 0 aliphatic heterocycles. The van der Waals surface area contributed by atoms with Crippen LogP contribution in [0.2, 0.25) is 0 Å². The SMILES string of the molecule is c1ccc2c(CNCc3cc4c(s3)CCC4)cccc2c1. The summed E-state index contributed by atoms with van der Waals surface area (Å²) in [7, 11) is 0. The van der Waals surface area contributed by atoms with E-state index in [1.165, 1.54) is 40.5 Å². The quantitative estimate of drug-likeness (QED) is 0.736. The summed E-state index contributed by atoms with van der Waals surface area (Å²) in [5.74, 6) is 0. The zero-order valence-electron chi connectivity index (χ0n) is 12.1. The van der Waals surface area contributed by atoms with Crippen molar-refractivity contribution in [2.24, 2.45) is 0 Å². The van der Waals surface area contributed by atoms with Gasteiger partial charge in [-0.1, -0.05) is 42.5 Å². The van der Waals surface area contributed by atoms with Crippen molar-refractivity contribution in [2.75, 3.05) is 0 Å². The minimum absolute atomic E-state index is 0.934. The Balaban J connectivity index is 1.46. The third kappa shape index (κ3) is 2.61. The predicted octanol–water partition coefficient (Wildman–Crippen LogP) is 4.68. The topological polar surface area (TPSA) is 12.0 Å². The Morgan fingerprint density at radius 1 is 0.952 bits per heavy atom. The zero-order chi connectivity index (χ0) is 14.1. The lowest BCUT2D eigenvalue weighted by molar-refractivity contribution is 0.703. The van der Waals surface area contributed by atoms with Crippen molar-refractivity contribution in [2.45, 2.75) is 32.4 Å². The molecule has 0 saturated carbocycles. The number of nitrogens with one attached hydrogen (secondary N) is 1. The first-order chi connectivity index (χ1) is 10.4. The smallest absolute Gasteiger partial charge is 0.0303 e. The van der Waals surface area contributed by atoms with Gasteiger partial charge in [-0.2, -0.15) is 0 Å². The molecule has 3 aromatic rings. The summed E-state index contributed by atoms with van der Waals surface area (Å²) >= 11 is 2.00. The summed E-state index contributed by atoms with van der Waals surface area (Å²) in [4.78, 5) is 3.11. The average Bonchev–Trinajstić information content (AvgIpc) is 3.09. The van der Waals surface area contributed by atoms with Gasteiger partial charge in [-0.3, -0.25) is 0 Å². The highest BCUT2D eigenvalue weighted by molar-refractivity contribution is 7.12. The lowest BCUT2D eigenvalue weighted by atomic mass is 10.0. The van der Waals surface area contributed by atoms with Crippen LogP contribution in [0.25, 0.3) is 10.8 Å². The third-order valence-corrected chi connectivity index (χ3v) is 5.53. The zero-order valence-corrected chi connectivity index (χ0v) is 12.9. The number of aryl methyl sites for hydroxylation is 2. The van der Waals surface area contributed by atoms with Crippen LogP contribution < -0.4 is 5.32 Å². The fourth-order valence-corrected chi connectivity index (χ4v) is 4.48. The molecule has 0 saturated heterocycles. The lowest BCUT2D eigenvalue weighted by Crippen LogP contribution is -2.12. The van der Waals surface area contributed by atoms with Crippen LogP contribution in [-0.2, 0) is 25.9 Å². The first-order valence-corrected chi connectivity index (χ1v) is 8.49. The first-order valence-electron chi connectivity index (χ1n) is 7.68. The van der Waals surface area contributed by atoms with Crippen molar-refractivity contribution in [1.82, 2.24) is 5.32 Å². The van der Waals surface area contributed by atoms with Gasteiger partial charge in [0.25, 0.3) is 0 Å². The second kappa shape index (κ2) is 5.63. The predicted molar refractivity (Wildman–Crippen MR) is 90.8 cm³/mol. The van der Waals surface area contributed by atoms with Gasteiger partial charge in [-0.25, -0.2) is 0 Å². The second-order valence-electron chi connectivity index (χ2n) is 5.76.